The number of ether oxygens (including phenoxy) is 1. The van der Waals surface area contributed by atoms with E-state index in [1.165, 1.54) is 7.11 Å². The Morgan fingerprint density at radius 1 is 1.63 bits per heavy atom. The van der Waals surface area contributed by atoms with E-state index in [9.17, 15) is 4.79 Å². The molecule has 0 aliphatic rings. The van der Waals surface area contributed by atoms with Gasteiger partial charge in [-0.1, -0.05) is 6.07 Å². The molecule has 19 heavy (non-hydrogen) atoms. The number of methoxy groups -OCH3 is 1. The van der Waals surface area contributed by atoms with E-state index in [4.69, 9.17) is 16.9 Å². The van der Waals surface area contributed by atoms with Crippen LogP contribution >= 0.6 is 11.6 Å². The molecule has 0 aliphatic heterocycles. The normalized spacial score (nSPS) is 12.1. The second-order valence-electron chi connectivity index (χ2n) is 4.03. The Labute approximate surface area is 115 Å². The summed E-state index contributed by atoms with van der Waals surface area (Å²) in [5, 5.41) is 8.71. The van der Waals surface area contributed by atoms with Crippen LogP contribution in [0.3, 0.4) is 0 Å². The average Bonchev–Trinajstić information content (AvgIpc) is 2.77. The van der Waals surface area contributed by atoms with Crippen molar-refractivity contribution in [1.82, 2.24) is 9.55 Å². The highest BCUT2D eigenvalue weighted by Crippen LogP contribution is 2.26. The molecule has 1 unspecified atom stereocenters. The maximum Gasteiger partial charge on any atom is 0.325 e. The van der Waals surface area contributed by atoms with E-state index in [0.29, 0.717) is 22.4 Å². The maximum absolute atomic E-state index is 11.5. The van der Waals surface area contributed by atoms with Crippen molar-refractivity contribution in [2.75, 3.05) is 7.11 Å². The van der Waals surface area contributed by atoms with Crippen LogP contribution < -0.4 is 0 Å². The molecule has 0 amide bonds. The number of nitrogens with zero attached hydrogens (tertiary/aromatic N) is 3. The molecule has 98 valence electrons. The van der Waals surface area contributed by atoms with Crippen molar-refractivity contribution in [3.05, 3.63) is 29.6 Å². The van der Waals surface area contributed by atoms with Gasteiger partial charge in [-0.2, -0.15) is 5.26 Å². The first-order valence-electron chi connectivity index (χ1n) is 5.68. The number of alkyl halides is 1. The number of nitriles is 1. The Bertz CT molecular complexity index is 670. The molecular weight excluding hydrogens is 266 g/mol. The largest absolute Gasteiger partial charge is 0.468 e. The van der Waals surface area contributed by atoms with Crippen LogP contribution in [0.15, 0.2) is 18.2 Å². The Hall–Kier alpha value is -2.06. The molecule has 0 spiro atoms. The van der Waals surface area contributed by atoms with Gasteiger partial charge in [0.05, 0.1) is 23.6 Å². The summed E-state index contributed by atoms with van der Waals surface area (Å²) in [5.41, 5.74) is 1.71. The molecule has 0 aliphatic carbocycles. The number of hydrogen-bond donors (Lipinski definition) is 0. The monoisotopic (exact) mass is 277 g/mol. The predicted molar refractivity (Wildman–Crippen MR) is 70.7 cm³/mol. The Morgan fingerprint density at radius 2 is 2.37 bits per heavy atom. The summed E-state index contributed by atoms with van der Waals surface area (Å²) in [6, 6.07) is 7.31. The lowest BCUT2D eigenvalue weighted by molar-refractivity contribution is -0.141. The highest BCUT2D eigenvalue weighted by molar-refractivity contribution is 6.20. The van der Waals surface area contributed by atoms with E-state index in [1.807, 2.05) is 0 Å². The van der Waals surface area contributed by atoms with Gasteiger partial charge >= 0.3 is 5.97 Å². The zero-order chi connectivity index (χ0) is 14.0. The molecule has 0 saturated heterocycles. The number of carbonyl (C=O) groups is 1. The van der Waals surface area contributed by atoms with Crippen molar-refractivity contribution in [2.45, 2.75) is 18.8 Å². The van der Waals surface area contributed by atoms with Gasteiger partial charge in [-0.25, -0.2) is 4.98 Å². The first kappa shape index (κ1) is 13.4. The summed E-state index contributed by atoms with van der Waals surface area (Å²) >= 11 is 6.08. The fraction of sp³-hybridized carbons (Fsp3) is 0.308. The Morgan fingerprint density at radius 3 is 2.95 bits per heavy atom. The van der Waals surface area contributed by atoms with E-state index in [1.54, 1.807) is 29.7 Å². The van der Waals surface area contributed by atoms with Gasteiger partial charge in [0.2, 0.25) is 0 Å². The van der Waals surface area contributed by atoms with E-state index in [2.05, 4.69) is 15.8 Å². The van der Waals surface area contributed by atoms with E-state index >= 15 is 0 Å². The number of imidazole rings is 1. The molecule has 0 fully saturated rings. The van der Waals surface area contributed by atoms with Crippen LogP contribution in [0.5, 0.6) is 0 Å². The van der Waals surface area contributed by atoms with Crippen LogP contribution in [-0.4, -0.2) is 22.6 Å². The van der Waals surface area contributed by atoms with Gasteiger partial charge in [-0.3, -0.25) is 4.79 Å². The first-order chi connectivity index (χ1) is 9.08. The number of esters is 1. The summed E-state index contributed by atoms with van der Waals surface area (Å²) in [7, 11) is 1.33. The van der Waals surface area contributed by atoms with Crippen molar-refractivity contribution < 1.29 is 9.53 Å². The lowest BCUT2D eigenvalue weighted by Crippen LogP contribution is -2.14. The van der Waals surface area contributed by atoms with Crippen molar-refractivity contribution in [1.29, 1.82) is 5.26 Å². The summed E-state index contributed by atoms with van der Waals surface area (Å²) in [6.45, 7) is 1.79. The average molecular weight is 278 g/mol. The van der Waals surface area contributed by atoms with Crippen LogP contribution in [0.1, 0.15) is 23.7 Å². The summed E-state index contributed by atoms with van der Waals surface area (Å²) in [4.78, 5) is 15.8. The predicted octanol–water partition coefficient (Wildman–Crippen LogP) is 2.38. The minimum Gasteiger partial charge on any atom is -0.468 e. The second kappa shape index (κ2) is 5.29. The molecule has 5 nitrogen and oxygen atoms in total. The van der Waals surface area contributed by atoms with Gasteiger partial charge in [0.15, 0.2) is 0 Å². The molecular formula is C13H12ClN3O2. The van der Waals surface area contributed by atoms with Crippen molar-refractivity contribution in [3.8, 4) is 6.07 Å². The molecule has 0 bridgehead atoms. The van der Waals surface area contributed by atoms with E-state index < -0.39 is 0 Å². The molecule has 1 aromatic carbocycles. The third-order valence-electron chi connectivity index (χ3n) is 2.80. The summed E-state index contributed by atoms with van der Waals surface area (Å²) < 4.78 is 6.35. The Balaban J connectivity index is 2.68. The molecule has 2 rings (SSSR count). The van der Waals surface area contributed by atoms with Crippen molar-refractivity contribution in [3.63, 3.8) is 0 Å². The van der Waals surface area contributed by atoms with Crippen LogP contribution in [0.4, 0.5) is 0 Å². The van der Waals surface area contributed by atoms with E-state index in [0.717, 1.165) is 0 Å². The third-order valence-corrected chi connectivity index (χ3v) is 2.99. The number of hydrogen-bond acceptors (Lipinski definition) is 4. The highest BCUT2D eigenvalue weighted by Gasteiger charge is 2.18. The fourth-order valence-electron chi connectivity index (χ4n) is 1.92. The lowest BCUT2D eigenvalue weighted by atomic mass is 10.2. The van der Waals surface area contributed by atoms with Gasteiger partial charge in [0.25, 0.3) is 0 Å². The topological polar surface area (TPSA) is 67.9 Å². The van der Waals surface area contributed by atoms with Crippen molar-refractivity contribution >= 4 is 28.6 Å². The molecule has 6 heteroatoms. The van der Waals surface area contributed by atoms with Gasteiger partial charge in [0, 0.05) is 0 Å². The molecule has 1 heterocycles. The summed E-state index contributed by atoms with van der Waals surface area (Å²) in [5.74, 6) is 0.157. The molecule has 0 N–H and O–H groups in total. The molecule has 0 radical (unpaired) electrons. The lowest BCUT2D eigenvalue weighted by Gasteiger charge is -2.08. The highest BCUT2D eigenvalue weighted by atomic mass is 35.5. The minimum atomic E-state index is -0.389. The van der Waals surface area contributed by atoms with E-state index in [-0.39, 0.29) is 17.9 Å². The molecule has 1 aromatic heterocycles. The number of carbonyl (C=O) groups excluding carboxylic acids is 1. The first-order valence-corrected chi connectivity index (χ1v) is 6.12. The minimum absolute atomic E-state index is 0.0221. The molecule has 1 atom stereocenters. The van der Waals surface area contributed by atoms with Crippen LogP contribution in [-0.2, 0) is 16.1 Å². The van der Waals surface area contributed by atoms with Crippen LogP contribution in [0.25, 0.3) is 11.0 Å². The number of benzene rings is 1. The molecule has 0 saturated carbocycles. The molecule has 2 aromatic rings. The van der Waals surface area contributed by atoms with Gasteiger partial charge in [-0.15, -0.1) is 11.6 Å². The quantitative estimate of drug-likeness (QED) is 0.638. The zero-order valence-corrected chi connectivity index (χ0v) is 11.3. The fourth-order valence-corrected chi connectivity index (χ4v) is 2.09. The van der Waals surface area contributed by atoms with Gasteiger partial charge in [-0.05, 0) is 19.1 Å². The smallest absolute Gasteiger partial charge is 0.325 e. The third kappa shape index (κ3) is 2.40. The standard InChI is InChI=1S/C13H12ClN3O2/c1-8(14)13-16-12-9(6-15)4-3-5-10(12)17(13)7-11(18)19-2/h3-5,8H,7H2,1-2H3. The van der Waals surface area contributed by atoms with Crippen LogP contribution in [0.2, 0.25) is 0 Å². The number of halogens is 1. The van der Waals surface area contributed by atoms with Gasteiger partial charge < -0.3 is 9.30 Å². The number of aromatic nitrogens is 2. The second-order valence-corrected chi connectivity index (χ2v) is 4.69. The number of fused-ring (bicyclic) bond motifs is 1. The van der Waals surface area contributed by atoms with Crippen LogP contribution in [0, 0.1) is 11.3 Å². The van der Waals surface area contributed by atoms with Gasteiger partial charge in [0.1, 0.15) is 24.0 Å². The SMILES string of the molecule is COC(=O)Cn1c(C(C)Cl)nc2c(C#N)cccc21. The summed E-state index contributed by atoms with van der Waals surface area (Å²) in [6.07, 6.45) is 0. The number of rotatable bonds is 3. The van der Waals surface area contributed by atoms with Crippen molar-refractivity contribution in [2.24, 2.45) is 0 Å². The maximum atomic E-state index is 11.5. The zero-order valence-electron chi connectivity index (χ0n) is 10.6. The Kier molecular flexibility index (Phi) is 3.72. The number of para-hydroxylation sites is 1.